The third-order valence-corrected chi connectivity index (χ3v) is 4.54. The number of hydrogen-bond acceptors (Lipinski definition) is 8. The van der Waals surface area contributed by atoms with E-state index in [1.54, 1.807) is 12.1 Å². The molecule has 1 aromatic heterocycles. The van der Waals surface area contributed by atoms with E-state index >= 15 is 0 Å². The fourth-order valence-corrected chi connectivity index (χ4v) is 2.82. The summed E-state index contributed by atoms with van der Waals surface area (Å²) in [5, 5.41) is 28.9. The van der Waals surface area contributed by atoms with Gasteiger partial charge >= 0.3 is 11.6 Å². The van der Waals surface area contributed by atoms with Crippen molar-refractivity contribution in [1.29, 1.82) is 0 Å². The number of aryl methyl sites for hydroxylation is 1. The van der Waals surface area contributed by atoms with E-state index in [0.717, 1.165) is 16.4 Å². The lowest BCUT2D eigenvalue weighted by atomic mass is 10.2. The molecule has 12 heteroatoms. The van der Waals surface area contributed by atoms with E-state index in [9.17, 15) is 25.0 Å². The van der Waals surface area contributed by atoms with E-state index in [-0.39, 0.29) is 23.0 Å². The molecule has 0 fully saturated rings. The first-order chi connectivity index (χ1) is 15.2. The van der Waals surface area contributed by atoms with Crippen molar-refractivity contribution in [3.05, 3.63) is 74.5 Å². The van der Waals surface area contributed by atoms with Crippen molar-refractivity contribution < 1.29 is 24.1 Å². The van der Waals surface area contributed by atoms with Gasteiger partial charge in [-0.05, 0) is 25.5 Å². The minimum atomic E-state index is -0.974. The molecule has 0 radical (unpaired) electrons. The van der Waals surface area contributed by atoms with Crippen molar-refractivity contribution in [2.24, 2.45) is 0 Å². The summed E-state index contributed by atoms with van der Waals surface area (Å²) in [6, 6.07) is 10.0. The van der Waals surface area contributed by atoms with Crippen LogP contribution in [0, 0.1) is 27.2 Å². The molecular weight excluding hydrogens is 422 g/mol. The highest BCUT2D eigenvalue weighted by Crippen LogP contribution is 2.32. The maximum atomic E-state index is 12.7. The summed E-state index contributed by atoms with van der Waals surface area (Å²) in [5.41, 5.74) is 0.271. The Balaban J connectivity index is 1.86. The van der Waals surface area contributed by atoms with E-state index in [1.807, 2.05) is 19.1 Å². The number of aromatic nitrogens is 2. The Bertz CT molecular complexity index is 1190. The smallest absolute Gasteiger partial charge is 0.350 e. The number of rotatable bonds is 8. The first kappa shape index (κ1) is 22.2. The summed E-state index contributed by atoms with van der Waals surface area (Å²) in [7, 11) is 1.23. The molecule has 1 unspecified atom stereocenters. The Labute approximate surface area is 181 Å². The summed E-state index contributed by atoms with van der Waals surface area (Å²) >= 11 is 0. The quantitative estimate of drug-likeness (QED) is 0.406. The lowest BCUT2D eigenvalue weighted by molar-refractivity contribution is -0.385. The Morgan fingerprint density at radius 3 is 2.47 bits per heavy atom. The summed E-state index contributed by atoms with van der Waals surface area (Å²) in [4.78, 5) is 33.9. The monoisotopic (exact) mass is 441 g/mol. The van der Waals surface area contributed by atoms with Gasteiger partial charge in [-0.15, -0.1) is 5.10 Å². The van der Waals surface area contributed by atoms with Crippen LogP contribution in [0.5, 0.6) is 17.4 Å². The standard InChI is InChI=1S/C20H19N5O7/c1-12-6-4-5-7-18(12)32-16-9-14(8-15(10-16)24(27)28)21-19(26)13(2)23-11-17(25(29)30)20(22-23)31-3/h4-11,13H,1-3H3,(H,21,26). The van der Waals surface area contributed by atoms with Gasteiger partial charge in [0.2, 0.25) is 5.91 Å². The maximum Gasteiger partial charge on any atom is 0.350 e. The third-order valence-electron chi connectivity index (χ3n) is 4.54. The number of nitro groups is 2. The van der Waals surface area contributed by atoms with E-state index in [2.05, 4.69) is 10.4 Å². The highest BCUT2D eigenvalue weighted by molar-refractivity contribution is 5.94. The number of hydrogen-bond donors (Lipinski definition) is 1. The molecule has 12 nitrogen and oxygen atoms in total. The van der Waals surface area contributed by atoms with Gasteiger partial charge < -0.3 is 14.8 Å². The molecule has 32 heavy (non-hydrogen) atoms. The second-order valence-corrected chi connectivity index (χ2v) is 6.77. The van der Waals surface area contributed by atoms with Gasteiger partial charge in [-0.3, -0.25) is 25.0 Å². The van der Waals surface area contributed by atoms with Gasteiger partial charge in [0.15, 0.2) is 0 Å². The number of amides is 1. The summed E-state index contributed by atoms with van der Waals surface area (Å²) < 4.78 is 11.7. The molecule has 1 N–H and O–H groups in total. The van der Waals surface area contributed by atoms with E-state index < -0.39 is 27.5 Å². The van der Waals surface area contributed by atoms with Gasteiger partial charge in [0.05, 0.1) is 28.7 Å². The number of nitro benzene ring substituents is 1. The number of nitrogens with one attached hydrogen (secondary N) is 1. The number of methoxy groups -OCH3 is 1. The second-order valence-electron chi connectivity index (χ2n) is 6.77. The predicted octanol–water partition coefficient (Wildman–Crippen LogP) is 4.01. The summed E-state index contributed by atoms with van der Waals surface area (Å²) in [6.45, 7) is 3.29. The lowest BCUT2D eigenvalue weighted by Gasteiger charge is -2.14. The number of para-hydroxylation sites is 1. The zero-order valence-electron chi connectivity index (χ0n) is 17.3. The van der Waals surface area contributed by atoms with Crippen LogP contribution in [0.25, 0.3) is 0 Å². The number of anilines is 1. The SMILES string of the molecule is COc1nn(C(C)C(=O)Nc2cc(Oc3ccccc3C)cc([N+](=O)[O-])c2)cc1[N+](=O)[O-]. The zero-order chi connectivity index (χ0) is 23.4. The van der Waals surface area contributed by atoms with Gasteiger partial charge in [-0.25, -0.2) is 4.68 Å². The zero-order valence-corrected chi connectivity index (χ0v) is 17.3. The summed E-state index contributed by atoms with van der Waals surface area (Å²) in [5.74, 6) is -0.172. The highest BCUT2D eigenvalue weighted by atomic mass is 16.6. The fourth-order valence-electron chi connectivity index (χ4n) is 2.82. The normalized spacial score (nSPS) is 11.5. The molecule has 1 atom stereocenters. The van der Waals surface area contributed by atoms with Crippen LogP contribution in [0.1, 0.15) is 18.5 Å². The molecule has 2 aromatic carbocycles. The van der Waals surface area contributed by atoms with Crippen LogP contribution < -0.4 is 14.8 Å². The van der Waals surface area contributed by atoms with Crippen LogP contribution in [0.3, 0.4) is 0 Å². The molecule has 0 aliphatic heterocycles. The van der Waals surface area contributed by atoms with Crippen molar-refractivity contribution >= 4 is 23.0 Å². The molecule has 3 aromatic rings. The van der Waals surface area contributed by atoms with Crippen LogP contribution in [0.4, 0.5) is 17.1 Å². The van der Waals surface area contributed by atoms with Crippen molar-refractivity contribution in [2.75, 3.05) is 12.4 Å². The molecule has 0 saturated carbocycles. The largest absolute Gasteiger partial charge is 0.475 e. The van der Waals surface area contributed by atoms with Crippen molar-refractivity contribution in [3.63, 3.8) is 0 Å². The number of carbonyl (C=O) groups excluding carboxylic acids is 1. The van der Waals surface area contributed by atoms with E-state index in [0.29, 0.717) is 5.75 Å². The van der Waals surface area contributed by atoms with E-state index in [1.165, 1.54) is 32.2 Å². The van der Waals surface area contributed by atoms with Gasteiger partial charge in [-0.1, -0.05) is 18.2 Å². The van der Waals surface area contributed by atoms with Crippen molar-refractivity contribution in [2.45, 2.75) is 19.9 Å². The Kier molecular flexibility index (Phi) is 6.33. The molecule has 1 heterocycles. The molecule has 0 spiro atoms. The third kappa shape index (κ3) is 4.80. The first-order valence-corrected chi connectivity index (χ1v) is 9.31. The summed E-state index contributed by atoms with van der Waals surface area (Å²) in [6.07, 6.45) is 1.07. The molecule has 0 aliphatic rings. The average molecular weight is 441 g/mol. The van der Waals surface area contributed by atoms with Crippen LogP contribution in [0.15, 0.2) is 48.7 Å². The number of non-ortho nitro benzene ring substituents is 1. The lowest BCUT2D eigenvalue weighted by Crippen LogP contribution is -2.24. The second kappa shape index (κ2) is 9.12. The number of nitrogens with zero attached hydrogens (tertiary/aromatic N) is 4. The van der Waals surface area contributed by atoms with Crippen molar-refractivity contribution in [3.8, 4) is 17.4 Å². The molecule has 1 amide bonds. The number of carbonyl (C=O) groups is 1. The predicted molar refractivity (Wildman–Crippen MR) is 113 cm³/mol. The van der Waals surface area contributed by atoms with Crippen LogP contribution in [0.2, 0.25) is 0 Å². The maximum absolute atomic E-state index is 12.7. The van der Waals surface area contributed by atoms with Gasteiger partial charge in [-0.2, -0.15) is 0 Å². The molecular formula is C20H19N5O7. The van der Waals surface area contributed by atoms with E-state index in [4.69, 9.17) is 9.47 Å². The Morgan fingerprint density at radius 2 is 1.88 bits per heavy atom. The Morgan fingerprint density at radius 1 is 1.16 bits per heavy atom. The van der Waals surface area contributed by atoms with Crippen molar-refractivity contribution in [1.82, 2.24) is 9.78 Å². The number of benzene rings is 2. The number of ether oxygens (including phenoxy) is 2. The molecule has 3 rings (SSSR count). The Hall–Kier alpha value is -4.48. The van der Waals surface area contributed by atoms with Gasteiger partial charge in [0.1, 0.15) is 23.7 Å². The minimum Gasteiger partial charge on any atom is -0.475 e. The average Bonchev–Trinajstić information content (AvgIpc) is 3.19. The van der Waals surface area contributed by atoms with Crippen LogP contribution in [-0.4, -0.2) is 32.6 Å². The van der Waals surface area contributed by atoms with Crippen LogP contribution in [-0.2, 0) is 4.79 Å². The first-order valence-electron chi connectivity index (χ1n) is 9.31. The topological polar surface area (TPSA) is 152 Å². The van der Waals surface area contributed by atoms with Gasteiger partial charge in [0, 0.05) is 12.1 Å². The fraction of sp³-hybridized carbons (Fsp3) is 0.200. The van der Waals surface area contributed by atoms with Crippen LogP contribution >= 0.6 is 0 Å². The molecule has 166 valence electrons. The molecule has 0 aliphatic carbocycles. The minimum absolute atomic E-state index is 0.119. The van der Waals surface area contributed by atoms with Gasteiger partial charge in [0.25, 0.3) is 5.69 Å². The highest BCUT2D eigenvalue weighted by Gasteiger charge is 2.25. The molecule has 0 saturated heterocycles. The molecule has 0 bridgehead atoms.